The summed E-state index contributed by atoms with van der Waals surface area (Å²) in [7, 11) is 1.97. The Bertz CT molecular complexity index is 278. The summed E-state index contributed by atoms with van der Waals surface area (Å²) in [6.07, 6.45) is 5.24. The van der Waals surface area contributed by atoms with E-state index in [4.69, 9.17) is 0 Å². The number of hydrogen-bond acceptors (Lipinski definition) is 2. The Balaban J connectivity index is 1.96. The summed E-state index contributed by atoms with van der Waals surface area (Å²) in [6, 6.07) is 0. The summed E-state index contributed by atoms with van der Waals surface area (Å²) in [6.45, 7) is 0. The first-order chi connectivity index (χ1) is 5.75. The van der Waals surface area contributed by atoms with E-state index < -0.39 is 0 Å². The topological polar surface area (TPSA) is 30.7 Å². The molecule has 0 unspecified atom stereocenters. The maximum Gasteiger partial charge on any atom is 0.211 e. The van der Waals surface area contributed by atoms with Crippen LogP contribution < -0.4 is 0 Å². The minimum absolute atomic E-state index is 0.862. The van der Waals surface area contributed by atoms with Crippen molar-refractivity contribution in [1.29, 1.82) is 0 Å². The summed E-state index contributed by atoms with van der Waals surface area (Å²) in [5.74, 6) is 2.12. The average molecular weight is 277 g/mol. The van der Waals surface area contributed by atoms with Crippen molar-refractivity contribution in [3.8, 4) is 0 Å². The standard InChI is InChI=1S/C8H12IN3/c1-12-7(10-8(9)11-12)5-4-6-2-3-6/h6H,2-5H2,1H3. The summed E-state index contributed by atoms with van der Waals surface area (Å²) in [5.41, 5.74) is 0. The highest BCUT2D eigenvalue weighted by molar-refractivity contribution is 14.1. The first-order valence-corrected chi connectivity index (χ1v) is 5.39. The van der Waals surface area contributed by atoms with Crippen LogP contribution in [0.3, 0.4) is 0 Å². The summed E-state index contributed by atoms with van der Waals surface area (Å²) in [5, 5.41) is 4.20. The number of aromatic nitrogens is 3. The van der Waals surface area contributed by atoms with E-state index >= 15 is 0 Å². The molecule has 1 aliphatic rings. The van der Waals surface area contributed by atoms with E-state index in [-0.39, 0.29) is 0 Å². The summed E-state index contributed by atoms with van der Waals surface area (Å²) in [4.78, 5) is 4.35. The lowest BCUT2D eigenvalue weighted by Gasteiger charge is -1.97. The summed E-state index contributed by atoms with van der Waals surface area (Å²) < 4.78 is 2.75. The molecule has 1 heterocycles. The SMILES string of the molecule is Cn1nc(I)nc1CCC1CC1. The van der Waals surface area contributed by atoms with Crippen LogP contribution in [0.5, 0.6) is 0 Å². The van der Waals surface area contributed by atoms with Crippen molar-refractivity contribution in [2.75, 3.05) is 0 Å². The second-order valence-corrected chi connectivity index (χ2v) is 4.37. The van der Waals surface area contributed by atoms with E-state index in [1.165, 1.54) is 19.3 Å². The van der Waals surface area contributed by atoms with Gasteiger partial charge in [-0.05, 0) is 12.3 Å². The van der Waals surface area contributed by atoms with Crippen molar-refractivity contribution in [3.05, 3.63) is 9.66 Å². The lowest BCUT2D eigenvalue weighted by molar-refractivity contribution is 0.640. The van der Waals surface area contributed by atoms with Crippen molar-refractivity contribution in [2.24, 2.45) is 13.0 Å². The molecule has 2 rings (SSSR count). The molecule has 1 aromatic heterocycles. The van der Waals surface area contributed by atoms with Gasteiger partial charge in [0.25, 0.3) is 0 Å². The van der Waals surface area contributed by atoms with Gasteiger partial charge in [0, 0.05) is 36.1 Å². The Hall–Kier alpha value is -0.130. The van der Waals surface area contributed by atoms with Crippen LogP contribution in [0.15, 0.2) is 0 Å². The second kappa shape index (κ2) is 3.32. The smallest absolute Gasteiger partial charge is 0.211 e. The highest BCUT2D eigenvalue weighted by Crippen LogP contribution is 2.33. The van der Waals surface area contributed by atoms with Crippen LogP contribution in [0.25, 0.3) is 0 Å². The van der Waals surface area contributed by atoms with Gasteiger partial charge in [-0.25, -0.2) is 4.98 Å². The molecule has 12 heavy (non-hydrogen) atoms. The third-order valence-electron chi connectivity index (χ3n) is 2.30. The van der Waals surface area contributed by atoms with Gasteiger partial charge in [-0.2, -0.15) is 0 Å². The minimum Gasteiger partial charge on any atom is -0.252 e. The normalized spacial score (nSPS) is 16.8. The molecule has 0 aromatic carbocycles. The quantitative estimate of drug-likeness (QED) is 0.788. The fourth-order valence-electron chi connectivity index (χ4n) is 1.34. The molecule has 0 N–H and O–H groups in total. The van der Waals surface area contributed by atoms with E-state index in [0.29, 0.717) is 0 Å². The van der Waals surface area contributed by atoms with Gasteiger partial charge in [0.05, 0.1) is 0 Å². The highest BCUT2D eigenvalue weighted by Gasteiger charge is 2.21. The van der Waals surface area contributed by atoms with Gasteiger partial charge in [-0.3, -0.25) is 4.68 Å². The first-order valence-electron chi connectivity index (χ1n) is 4.31. The zero-order chi connectivity index (χ0) is 8.55. The monoisotopic (exact) mass is 277 g/mol. The largest absolute Gasteiger partial charge is 0.252 e. The van der Waals surface area contributed by atoms with Crippen LogP contribution in [-0.2, 0) is 13.5 Å². The summed E-state index contributed by atoms with van der Waals surface area (Å²) >= 11 is 2.16. The van der Waals surface area contributed by atoms with E-state index in [2.05, 4.69) is 32.7 Å². The van der Waals surface area contributed by atoms with Gasteiger partial charge in [0.1, 0.15) is 5.82 Å². The van der Waals surface area contributed by atoms with Gasteiger partial charge in [0.2, 0.25) is 3.83 Å². The van der Waals surface area contributed by atoms with E-state index in [9.17, 15) is 0 Å². The lowest BCUT2D eigenvalue weighted by atomic mass is 10.2. The van der Waals surface area contributed by atoms with Crippen LogP contribution >= 0.6 is 22.6 Å². The fourth-order valence-corrected chi connectivity index (χ4v) is 1.94. The molecule has 0 atom stereocenters. The molecular formula is C8H12IN3. The Morgan fingerprint density at radius 3 is 2.83 bits per heavy atom. The molecule has 3 nitrogen and oxygen atoms in total. The number of halogens is 1. The van der Waals surface area contributed by atoms with Crippen LogP contribution in [0.2, 0.25) is 0 Å². The molecule has 0 saturated heterocycles. The molecular weight excluding hydrogens is 265 g/mol. The van der Waals surface area contributed by atoms with Crippen LogP contribution in [0.1, 0.15) is 25.1 Å². The minimum atomic E-state index is 0.862. The van der Waals surface area contributed by atoms with Crippen LogP contribution in [0.4, 0.5) is 0 Å². The van der Waals surface area contributed by atoms with Gasteiger partial charge in [-0.15, -0.1) is 5.10 Å². The average Bonchev–Trinajstić information content (AvgIpc) is 2.76. The Labute approximate surface area is 85.7 Å². The number of nitrogens with zero attached hydrogens (tertiary/aromatic N) is 3. The number of hydrogen-bond donors (Lipinski definition) is 0. The molecule has 0 spiro atoms. The zero-order valence-corrected chi connectivity index (χ0v) is 9.28. The molecule has 0 bridgehead atoms. The predicted molar refractivity (Wildman–Crippen MR) is 54.8 cm³/mol. The Morgan fingerprint density at radius 2 is 2.33 bits per heavy atom. The molecule has 1 saturated carbocycles. The van der Waals surface area contributed by atoms with Crippen molar-refractivity contribution in [2.45, 2.75) is 25.7 Å². The van der Waals surface area contributed by atoms with E-state index in [0.717, 1.165) is 22.0 Å². The second-order valence-electron chi connectivity index (χ2n) is 3.40. The van der Waals surface area contributed by atoms with Crippen molar-refractivity contribution < 1.29 is 0 Å². The van der Waals surface area contributed by atoms with E-state index in [1.807, 2.05) is 11.7 Å². The van der Waals surface area contributed by atoms with Gasteiger partial charge < -0.3 is 0 Å². The molecule has 0 radical (unpaired) electrons. The molecule has 4 heteroatoms. The number of rotatable bonds is 3. The Morgan fingerprint density at radius 1 is 1.58 bits per heavy atom. The van der Waals surface area contributed by atoms with Crippen molar-refractivity contribution in [3.63, 3.8) is 0 Å². The molecule has 1 fully saturated rings. The maximum absolute atomic E-state index is 4.35. The third-order valence-corrected chi connectivity index (χ3v) is 2.76. The lowest BCUT2D eigenvalue weighted by Crippen LogP contribution is -1.99. The highest BCUT2D eigenvalue weighted by atomic mass is 127. The fraction of sp³-hybridized carbons (Fsp3) is 0.750. The van der Waals surface area contributed by atoms with Crippen molar-refractivity contribution in [1.82, 2.24) is 14.8 Å². The predicted octanol–water partition coefficient (Wildman–Crippen LogP) is 1.76. The maximum atomic E-state index is 4.35. The van der Waals surface area contributed by atoms with Crippen LogP contribution in [0, 0.1) is 9.75 Å². The first kappa shape index (κ1) is 8.47. The molecule has 66 valence electrons. The molecule has 0 amide bonds. The zero-order valence-electron chi connectivity index (χ0n) is 7.13. The molecule has 1 aliphatic carbocycles. The number of aryl methyl sites for hydroxylation is 2. The van der Waals surface area contributed by atoms with Crippen molar-refractivity contribution >= 4 is 22.6 Å². The van der Waals surface area contributed by atoms with Gasteiger partial charge >= 0.3 is 0 Å². The van der Waals surface area contributed by atoms with Gasteiger partial charge in [-0.1, -0.05) is 12.8 Å². The third kappa shape index (κ3) is 1.97. The molecule has 0 aliphatic heterocycles. The Kier molecular flexibility index (Phi) is 2.34. The van der Waals surface area contributed by atoms with E-state index in [1.54, 1.807) is 0 Å². The van der Waals surface area contributed by atoms with Crippen LogP contribution in [-0.4, -0.2) is 14.8 Å². The molecule has 1 aromatic rings. The van der Waals surface area contributed by atoms with Gasteiger partial charge in [0.15, 0.2) is 0 Å².